The average molecular weight is 439 g/mol. The van der Waals surface area contributed by atoms with Crippen LogP contribution in [0.1, 0.15) is 24.1 Å². The first-order valence-electron chi connectivity index (χ1n) is 10.5. The number of benzene rings is 2. The maximum Gasteiger partial charge on any atom is 0.141 e. The number of halogens is 3. The molecule has 0 N–H and O–H groups in total. The minimum atomic E-state index is -0.615. The Bertz CT molecular complexity index is 1190. The second kappa shape index (κ2) is 8.07. The summed E-state index contributed by atoms with van der Waals surface area (Å²) < 4.78 is 30.5. The molecule has 2 aromatic carbocycles. The van der Waals surface area contributed by atoms with E-state index in [-0.39, 0.29) is 5.92 Å². The van der Waals surface area contributed by atoms with E-state index in [1.807, 2.05) is 18.2 Å². The number of fused-ring (bicyclic) bond motifs is 3. The molecular weight excluding hydrogens is 418 g/mol. The smallest absolute Gasteiger partial charge is 0.141 e. The quantitative estimate of drug-likeness (QED) is 0.547. The number of aryl methyl sites for hydroxylation is 1. The van der Waals surface area contributed by atoms with E-state index in [1.54, 1.807) is 0 Å². The third-order valence-electron chi connectivity index (χ3n) is 6.32. The van der Waals surface area contributed by atoms with Gasteiger partial charge in [0.15, 0.2) is 0 Å². The molecule has 1 aromatic heterocycles. The van der Waals surface area contributed by atoms with E-state index in [9.17, 15) is 14.0 Å². The molecule has 0 amide bonds. The first-order valence-corrected chi connectivity index (χ1v) is 10.9. The Kier molecular flexibility index (Phi) is 5.25. The highest BCUT2D eigenvalue weighted by Gasteiger charge is 2.28. The van der Waals surface area contributed by atoms with Gasteiger partial charge in [0.2, 0.25) is 0 Å². The molecule has 1 saturated heterocycles. The van der Waals surface area contributed by atoms with Crippen LogP contribution in [0.2, 0.25) is 5.02 Å². The van der Waals surface area contributed by atoms with E-state index < -0.39 is 11.6 Å². The van der Waals surface area contributed by atoms with Crippen molar-refractivity contribution in [3.05, 3.63) is 64.3 Å². The van der Waals surface area contributed by atoms with Crippen LogP contribution in [0.25, 0.3) is 22.6 Å². The number of imidazole rings is 1. The van der Waals surface area contributed by atoms with Crippen molar-refractivity contribution in [2.24, 2.45) is 5.92 Å². The first kappa shape index (κ1) is 20.2. The van der Waals surface area contributed by atoms with Crippen molar-refractivity contribution in [1.82, 2.24) is 14.5 Å². The number of nitriles is 1. The summed E-state index contributed by atoms with van der Waals surface area (Å²) in [4.78, 5) is 7.15. The Morgan fingerprint density at radius 2 is 1.84 bits per heavy atom. The van der Waals surface area contributed by atoms with Crippen LogP contribution in [0.3, 0.4) is 0 Å². The van der Waals surface area contributed by atoms with Gasteiger partial charge in [0, 0.05) is 41.2 Å². The Hall–Kier alpha value is -2.75. The van der Waals surface area contributed by atoms with Gasteiger partial charge in [-0.15, -0.1) is 0 Å². The third kappa shape index (κ3) is 3.73. The van der Waals surface area contributed by atoms with Crippen molar-refractivity contribution < 1.29 is 8.78 Å². The van der Waals surface area contributed by atoms with Crippen LogP contribution in [0, 0.1) is 28.9 Å². The molecule has 3 aromatic rings. The highest BCUT2D eigenvalue weighted by atomic mass is 35.5. The zero-order valence-electron chi connectivity index (χ0n) is 16.9. The van der Waals surface area contributed by atoms with Crippen molar-refractivity contribution in [2.45, 2.75) is 32.4 Å². The van der Waals surface area contributed by atoms with Gasteiger partial charge in [-0.05, 0) is 68.2 Å². The van der Waals surface area contributed by atoms with Crippen LogP contribution in [0.5, 0.6) is 0 Å². The van der Waals surface area contributed by atoms with Gasteiger partial charge < -0.3 is 4.57 Å². The van der Waals surface area contributed by atoms with Crippen molar-refractivity contribution in [3.8, 4) is 28.7 Å². The number of nitrogens with zero attached hydrogens (tertiary/aromatic N) is 4. The predicted octanol–water partition coefficient (Wildman–Crippen LogP) is 5.44. The van der Waals surface area contributed by atoms with Gasteiger partial charge in [-0.25, -0.2) is 13.8 Å². The summed E-state index contributed by atoms with van der Waals surface area (Å²) in [6, 6.07) is 11.8. The minimum Gasteiger partial charge on any atom is -0.326 e. The van der Waals surface area contributed by atoms with Crippen molar-refractivity contribution >= 4 is 11.6 Å². The van der Waals surface area contributed by atoms with Gasteiger partial charge in [-0.2, -0.15) is 5.26 Å². The molecule has 2 aliphatic heterocycles. The van der Waals surface area contributed by atoms with Crippen molar-refractivity contribution in [1.29, 1.82) is 5.26 Å². The fourth-order valence-electron chi connectivity index (χ4n) is 4.64. The lowest BCUT2D eigenvalue weighted by Gasteiger charge is -2.30. The number of aromatic nitrogens is 2. The van der Waals surface area contributed by atoms with Gasteiger partial charge in [0.25, 0.3) is 0 Å². The maximum atomic E-state index is 14.7. The largest absolute Gasteiger partial charge is 0.326 e. The number of likely N-dealkylation sites (tertiary alicyclic amines) is 1. The van der Waals surface area contributed by atoms with Gasteiger partial charge in [-0.3, -0.25) is 4.90 Å². The molecule has 158 valence electrons. The molecular formula is C24H21ClF2N4. The summed E-state index contributed by atoms with van der Waals surface area (Å²) in [5.41, 5.74) is 3.90. The van der Waals surface area contributed by atoms with Crippen LogP contribution < -0.4 is 0 Å². The Labute approximate surface area is 184 Å². The molecule has 0 bridgehead atoms. The summed E-state index contributed by atoms with van der Waals surface area (Å²) in [5, 5.41) is 9.87. The SMILES string of the molecule is N#CC1CCN(Cc2c(-c3ccc(F)cc3F)nc3n2CCc2cc(Cl)ccc2-3)CC1. The summed E-state index contributed by atoms with van der Waals surface area (Å²) in [6.07, 6.45) is 2.48. The molecule has 0 radical (unpaired) electrons. The zero-order chi connectivity index (χ0) is 21.5. The average Bonchev–Trinajstić information content (AvgIpc) is 3.12. The summed E-state index contributed by atoms with van der Waals surface area (Å²) >= 11 is 6.18. The normalized spacial score (nSPS) is 16.6. The number of hydrogen-bond acceptors (Lipinski definition) is 3. The molecule has 5 rings (SSSR count). The second-order valence-corrected chi connectivity index (χ2v) is 8.67. The molecule has 7 heteroatoms. The lowest BCUT2D eigenvalue weighted by Crippen LogP contribution is -2.33. The predicted molar refractivity (Wildman–Crippen MR) is 115 cm³/mol. The molecule has 0 aliphatic carbocycles. The van der Waals surface area contributed by atoms with Gasteiger partial charge in [-0.1, -0.05) is 11.6 Å². The van der Waals surface area contributed by atoms with E-state index in [0.717, 1.165) is 67.6 Å². The first-order chi connectivity index (χ1) is 15.0. The van der Waals surface area contributed by atoms with E-state index in [4.69, 9.17) is 16.6 Å². The van der Waals surface area contributed by atoms with Crippen molar-refractivity contribution in [2.75, 3.05) is 13.1 Å². The lowest BCUT2D eigenvalue weighted by molar-refractivity contribution is 0.194. The fraction of sp³-hybridized carbons (Fsp3) is 0.333. The molecule has 1 fully saturated rings. The van der Waals surface area contributed by atoms with E-state index in [2.05, 4.69) is 15.5 Å². The molecule has 4 nitrogen and oxygen atoms in total. The highest BCUT2D eigenvalue weighted by Crippen LogP contribution is 2.37. The van der Waals surface area contributed by atoms with E-state index in [0.29, 0.717) is 22.8 Å². The number of hydrogen-bond donors (Lipinski definition) is 0. The van der Waals surface area contributed by atoms with Crippen LogP contribution in [-0.2, 0) is 19.5 Å². The number of piperidine rings is 1. The Balaban J connectivity index is 1.60. The lowest BCUT2D eigenvalue weighted by atomic mass is 9.98. The summed E-state index contributed by atoms with van der Waals surface area (Å²) in [6.45, 7) is 2.97. The highest BCUT2D eigenvalue weighted by molar-refractivity contribution is 6.30. The number of rotatable bonds is 3. The van der Waals surface area contributed by atoms with Crippen LogP contribution in [0.4, 0.5) is 8.78 Å². The molecule has 0 atom stereocenters. The molecule has 2 aliphatic rings. The molecule has 0 saturated carbocycles. The standard InChI is InChI=1S/C24H21ClF2N4/c25-17-1-3-19-16(11-17)7-10-31-22(14-30-8-5-15(13-28)6-9-30)23(29-24(19)31)20-4-2-18(26)12-21(20)27/h1-4,11-12,15H,5-10,14H2. The van der Waals surface area contributed by atoms with Crippen molar-refractivity contribution in [3.63, 3.8) is 0 Å². The van der Waals surface area contributed by atoms with Gasteiger partial charge >= 0.3 is 0 Å². The van der Waals surface area contributed by atoms with Crippen LogP contribution in [0.15, 0.2) is 36.4 Å². The van der Waals surface area contributed by atoms with E-state index in [1.165, 1.54) is 12.1 Å². The van der Waals surface area contributed by atoms with Crippen LogP contribution >= 0.6 is 11.6 Å². The third-order valence-corrected chi connectivity index (χ3v) is 6.55. The van der Waals surface area contributed by atoms with Crippen LogP contribution in [-0.4, -0.2) is 27.5 Å². The zero-order valence-corrected chi connectivity index (χ0v) is 17.7. The summed E-state index contributed by atoms with van der Waals surface area (Å²) in [5.74, 6) is -0.332. The Morgan fingerprint density at radius 1 is 1.06 bits per heavy atom. The molecule has 3 heterocycles. The summed E-state index contributed by atoms with van der Waals surface area (Å²) in [7, 11) is 0. The van der Waals surface area contributed by atoms with Gasteiger partial charge in [0.1, 0.15) is 17.5 Å². The second-order valence-electron chi connectivity index (χ2n) is 8.24. The maximum absolute atomic E-state index is 14.7. The van der Waals surface area contributed by atoms with Gasteiger partial charge in [0.05, 0.1) is 17.5 Å². The fourth-order valence-corrected chi connectivity index (χ4v) is 4.84. The minimum absolute atomic E-state index is 0.0984. The topological polar surface area (TPSA) is 44.9 Å². The molecule has 0 spiro atoms. The molecule has 31 heavy (non-hydrogen) atoms. The molecule has 0 unspecified atom stereocenters. The monoisotopic (exact) mass is 438 g/mol. The Morgan fingerprint density at radius 3 is 2.58 bits per heavy atom. The van der Waals surface area contributed by atoms with E-state index >= 15 is 0 Å².